The lowest BCUT2D eigenvalue weighted by molar-refractivity contribution is -0.307. The molecule has 1 fully saturated rings. The maximum Gasteiger partial charge on any atom is 0.522 e. The van der Waals surface area contributed by atoms with Crippen LogP contribution in [-0.4, -0.2) is 65.2 Å². The van der Waals surface area contributed by atoms with E-state index < -0.39 is 25.0 Å². The van der Waals surface area contributed by atoms with Gasteiger partial charge >= 0.3 is 19.0 Å². The van der Waals surface area contributed by atoms with Gasteiger partial charge in [-0.3, -0.25) is 10.5 Å². The van der Waals surface area contributed by atoms with Crippen molar-refractivity contribution in [3.8, 4) is 11.5 Å². The molecule has 1 aromatic carbocycles. The predicted octanol–water partition coefficient (Wildman–Crippen LogP) is -1.73. The van der Waals surface area contributed by atoms with Gasteiger partial charge in [-0.1, -0.05) is 6.07 Å². The van der Waals surface area contributed by atoms with Crippen LogP contribution in [0.4, 0.5) is 0 Å². The minimum atomic E-state index is -1.21. The second-order valence-corrected chi connectivity index (χ2v) is 6.99. The summed E-state index contributed by atoms with van der Waals surface area (Å²) in [5.41, 5.74) is 9.38. The van der Waals surface area contributed by atoms with Crippen molar-refractivity contribution in [2.75, 3.05) is 13.1 Å². The number of aromatic carboxylic acids is 1. The summed E-state index contributed by atoms with van der Waals surface area (Å²) < 4.78 is 11.1. The molecule has 1 atom stereocenters. The molecule has 2 aliphatic rings. The minimum absolute atomic E-state index is 0.124. The van der Waals surface area contributed by atoms with Gasteiger partial charge in [0.1, 0.15) is 29.2 Å². The first-order chi connectivity index (χ1) is 13.3. The number of carboxylic acid groups (broad SMARTS) is 1. The topological polar surface area (TPSA) is 167 Å². The van der Waals surface area contributed by atoms with E-state index in [0.717, 1.165) is 0 Å². The Bertz CT molecular complexity index is 797. The second kappa shape index (κ2) is 8.17. The highest BCUT2D eigenvalue weighted by Crippen LogP contribution is 2.37. The minimum Gasteiger partial charge on any atom is -0.535 e. The quantitative estimate of drug-likeness (QED) is 0.397. The Balaban J connectivity index is 1.60. The summed E-state index contributed by atoms with van der Waals surface area (Å²) in [6, 6.07) is 2.55. The number of carbonyl (C=O) groups is 3. The Kier molecular flexibility index (Phi) is 5.87. The number of nitrogens with two attached hydrogens (primary N) is 1. The molecule has 2 amide bonds. The zero-order valence-corrected chi connectivity index (χ0v) is 15.3. The molecule has 0 saturated carbocycles. The fourth-order valence-electron chi connectivity index (χ4n) is 3.21. The van der Waals surface area contributed by atoms with Gasteiger partial charge in [-0.25, -0.2) is 9.59 Å². The van der Waals surface area contributed by atoms with E-state index in [1.165, 1.54) is 0 Å². The highest BCUT2D eigenvalue weighted by molar-refractivity contribution is 6.44. The molecule has 1 aromatic rings. The van der Waals surface area contributed by atoms with Crippen LogP contribution in [0.25, 0.3) is 0 Å². The molecule has 1 saturated heterocycles. The molecule has 2 heterocycles. The van der Waals surface area contributed by atoms with Crippen molar-refractivity contribution in [2.24, 2.45) is 5.73 Å². The Morgan fingerprint density at radius 3 is 2.75 bits per heavy atom. The van der Waals surface area contributed by atoms with Gasteiger partial charge in [0.2, 0.25) is 5.91 Å². The molecule has 1 unspecified atom stereocenters. The summed E-state index contributed by atoms with van der Waals surface area (Å²) in [5, 5.41) is 19.2. The van der Waals surface area contributed by atoms with Crippen LogP contribution < -0.4 is 20.9 Å². The molecule has 11 heteroatoms. The molecule has 0 aliphatic carbocycles. The Hall–Kier alpha value is -2.63. The van der Waals surface area contributed by atoms with Crippen molar-refractivity contribution in [3.63, 3.8) is 0 Å². The fourth-order valence-corrected chi connectivity index (χ4v) is 3.21. The number of likely N-dealkylation sites (tertiary alicyclic amines) is 1. The first kappa shape index (κ1) is 20.1. The van der Waals surface area contributed by atoms with E-state index in [1.54, 1.807) is 17.0 Å². The van der Waals surface area contributed by atoms with Crippen LogP contribution in [0.3, 0.4) is 0 Å². The lowest BCUT2D eigenvalue weighted by Gasteiger charge is -2.39. The lowest BCUT2D eigenvalue weighted by Crippen LogP contribution is -2.64. The van der Waals surface area contributed by atoms with Gasteiger partial charge in [0.05, 0.1) is 13.1 Å². The van der Waals surface area contributed by atoms with Crippen molar-refractivity contribution in [1.82, 2.24) is 4.90 Å². The second-order valence-electron chi connectivity index (χ2n) is 6.99. The number of hydrogen-bond donors (Lipinski definition) is 4. The molecule has 10 nitrogen and oxygen atoms in total. The smallest absolute Gasteiger partial charge is 0.522 e. The number of rotatable bonds is 7. The van der Waals surface area contributed by atoms with Crippen LogP contribution in [0.5, 0.6) is 11.5 Å². The van der Waals surface area contributed by atoms with E-state index >= 15 is 0 Å². The molecule has 0 radical (unpaired) electrons. The van der Waals surface area contributed by atoms with Crippen molar-refractivity contribution in [1.29, 1.82) is 0 Å². The van der Waals surface area contributed by atoms with Crippen LogP contribution in [0, 0.1) is 0 Å². The molecule has 0 spiro atoms. The van der Waals surface area contributed by atoms with Gasteiger partial charge in [-0.05, 0) is 30.8 Å². The van der Waals surface area contributed by atoms with Crippen LogP contribution in [0.1, 0.15) is 28.8 Å². The van der Waals surface area contributed by atoms with Gasteiger partial charge in [-0.2, -0.15) is 0 Å². The van der Waals surface area contributed by atoms with E-state index in [2.05, 4.69) is 5.73 Å². The van der Waals surface area contributed by atoms with Crippen LogP contribution >= 0.6 is 0 Å². The van der Waals surface area contributed by atoms with Crippen molar-refractivity contribution in [2.45, 2.75) is 37.7 Å². The first-order valence-corrected chi connectivity index (χ1v) is 9.06. The number of quaternary nitrogens is 1. The average molecular weight is 392 g/mol. The van der Waals surface area contributed by atoms with E-state index in [9.17, 15) is 24.5 Å². The molecule has 0 aromatic heterocycles. The average Bonchev–Trinajstić information content (AvgIpc) is 2.60. The predicted molar refractivity (Wildman–Crippen MR) is 96.6 cm³/mol. The van der Waals surface area contributed by atoms with E-state index in [0.29, 0.717) is 31.4 Å². The van der Waals surface area contributed by atoms with Crippen molar-refractivity contribution >= 4 is 24.9 Å². The summed E-state index contributed by atoms with van der Waals surface area (Å²) in [7, 11) is -1.05. The number of benzene rings is 1. The van der Waals surface area contributed by atoms with Crippen molar-refractivity contribution in [3.05, 3.63) is 23.3 Å². The van der Waals surface area contributed by atoms with Gasteiger partial charge in [0.25, 0.3) is 0 Å². The number of aryl methyl sites for hydroxylation is 1. The normalized spacial score (nSPS) is 17.2. The Morgan fingerprint density at radius 1 is 1.39 bits per heavy atom. The highest BCUT2D eigenvalue weighted by Gasteiger charge is 2.35. The summed E-state index contributed by atoms with van der Waals surface area (Å²) in [6.45, 7) is 0.623. The number of fused-ring (bicyclic) bond motifs is 1. The number of ether oxygens (including phenoxy) is 1. The molecule has 150 valence electrons. The Labute approximate surface area is 161 Å². The molecule has 3 rings (SSSR count). The summed E-state index contributed by atoms with van der Waals surface area (Å²) in [4.78, 5) is 36.4. The monoisotopic (exact) mass is 392 g/mol. The Morgan fingerprint density at radius 2 is 2.11 bits per heavy atom. The van der Waals surface area contributed by atoms with E-state index in [1.807, 2.05) is 0 Å². The fraction of sp³-hybridized carbons (Fsp3) is 0.471. The van der Waals surface area contributed by atoms with Crippen LogP contribution in [0.2, 0.25) is 6.32 Å². The SMILES string of the molecule is NC(CCC(=O)N1CC(Oc2ccc3c(c2C(=O)O)OB(O)CC3)C1)C([NH3+])=O. The summed E-state index contributed by atoms with van der Waals surface area (Å²) in [5.74, 6) is -1.49. The first-order valence-electron chi connectivity index (χ1n) is 9.06. The highest BCUT2D eigenvalue weighted by atomic mass is 16.5. The molecule has 0 bridgehead atoms. The standard InChI is InChI=1S/C17H22BN3O7/c19-11(16(20)23)2-4-13(22)21-7-10(8-21)27-12-3-1-9-5-6-18(26)28-15(9)14(12)17(24)25/h1,3,10-11,26H,2,4-8,19H2,(H2,20,23)(H,24,25)/p+1. The van der Waals surface area contributed by atoms with Gasteiger partial charge in [0, 0.05) is 6.42 Å². The maximum absolute atomic E-state index is 12.1. The molecule has 28 heavy (non-hydrogen) atoms. The van der Waals surface area contributed by atoms with Gasteiger partial charge in [0.15, 0.2) is 0 Å². The van der Waals surface area contributed by atoms with Crippen LogP contribution in [0.15, 0.2) is 12.1 Å². The molecular weight excluding hydrogens is 369 g/mol. The third-order valence-corrected chi connectivity index (χ3v) is 4.91. The number of carboxylic acids is 1. The third-order valence-electron chi connectivity index (χ3n) is 4.91. The lowest BCUT2D eigenvalue weighted by atomic mass is 9.78. The van der Waals surface area contributed by atoms with Crippen LogP contribution in [-0.2, 0) is 16.0 Å². The zero-order valence-electron chi connectivity index (χ0n) is 15.3. The molecular formula is C17H23BN3O7+. The molecule has 7 N–H and O–H groups in total. The number of hydrogen-bond acceptors (Lipinski definition) is 7. The van der Waals surface area contributed by atoms with Crippen molar-refractivity contribution < 1.29 is 39.6 Å². The van der Waals surface area contributed by atoms with Gasteiger partial charge in [-0.15, -0.1) is 0 Å². The summed E-state index contributed by atoms with van der Waals surface area (Å²) >= 11 is 0. The maximum atomic E-state index is 12.1. The number of amides is 2. The van der Waals surface area contributed by atoms with E-state index in [-0.39, 0.29) is 41.9 Å². The van der Waals surface area contributed by atoms with E-state index in [4.69, 9.17) is 15.1 Å². The largest absolute Gasteiger partial charge is 0.535 e. The van der Waals surface area contributed by atoms with Gasteiger partial charge < -0.3 is 30.2 Å². The number of carbonyl (C=O) groups excluding carboxylic acids is 2. The number of nitrogens with zero attached hydrogens (tertiary/aromatic N) is 1. The zero-order chi connectivity index (χ0) is 20.4. The molecule has 2 aliphatic heterocycles. The third kappa shape index (κ3) is 4.27. The summed E-state index contributed by atoms with van der Waals surface area (Å²) in [6.07, 6.45) is 0.934.